The summed E-state index contributed by atoms with van der Waals surface area (Å²) in [4.78, 5) is 19.7. The average molecular weight is 667 g/mol. The maximum Gasteiger partial charge on any atom is 0.271 e. The Kier molecular flexibility index (Phi) is 10.4. The number of aromatic nitrogens is 2. The molecule has 4 aromatic rings. The van der Waals surface area contributed by atoms with Gasteiger partial charge in [-0.2, -0.15) is 20.2 Å². The van der Waals surface area contributed by atoms with Gasteiger partial charge in [-0.25, -0.2) is 26.3 Å². The van der Waals surface area contributed by atoms with Crippen LogP contribution in [-0.2, 0) is 20.0 Å². The average Bonchev–Trinajstić information content (AvgIpc) is 3.06. The van der Waals surface area contributed by atoms with E-state index in [2.05, 4.69) is 45.8 Å². The standard InChI is InChI=1S/C28H30N10O6S2/c1-18(20-8-12-24(13-9-20)45(41,42)29-3)34-36-26-17-27(33-28(32-26)31-22-6-5-7-23(16-22)38(39)40)37-35-19(2)21-10-14-25(15-11-21)46(43,44)30-4/h5-17,29-30H,1-4H3,(H3,31,32,33,36,37). The largest absolute Gasteiger partial charge is 0.324 e. The van der Waals surface area contributed by atoms with Gasteiger partial charge in [0.15, 0.2) is 11.6 Å². The Morgan fingerprint density at radius 3 is 1.59 bits per heavy atom. The lowest BCUT2D eigenvalue weighted by Gasteiger charge is -2.11. The van der Waals surface area contributed by atoms with Gasteiger partial charge in [-0.1, -0.05) is 30.3 Å². The van der Waals surface area contributed by atoms with Crippen LogP contribution < -0.4 is 25.6 Å². The first-order valence-corrected chi connectivity index (χ1v) is 16.4. The molecule has 0 radical (unpaired) electrons. The third kappa shape index (κ3) is 8.45. The molecule has 0 saturated carbocycles. The van der Waals surface area contributed by atoms with Crippen molar-refractivity contribution in [3.05, 3.63) is 100 Å². The molecule has 0 atom stereocenters. The van der Waals surface area contributed by atoms with Crippen LogP contribution in [0, 0.1) is 10.1 Å². The second-order valence-electron chi connectivity index (χ2n) is 9.48. The van der Waals surface area contributed by atoms with Gasteiger partial charge in [-0.05, 0) is 69.4 Å². The summed E-state index contributed by atoms with van der Waals surface area (Å²) in [6.07, 6.45) is 0. The number of hydrogen-bond acceptors (Lipinski definition) is 13. The number of rotatable bonds is 13. The van der Waals surface area contributed by atoms with Crippen LogP contribution >= 0.6 is 0 Å². The highest BCUT2D eigenvalue weighted by atomic mass is 32.2. The van der Waals surface area contributed by atoms with Crippen LogP contribution in [0.3, 0.4) is 0 Å². The lowest BCUT2D eigenvalue weighted by molar-refractivity contribution is -0.384. The molecule has 1 aromatic heterocycles. The van der Waals surface area contributed by atoms with E-state index in [1.807, 2.05) is 0 Å². The number of hydrogen-bond donors (Lipinski definition) is 5. The molecule has 3 aromatic carbocycles. The summed E-state index contributed by atoms with van der Waals surface area (Å²) in [5.74, 6) is 0.527. The van der Waals surface area contributed by atoms with E-state index in [1.54, 1.807) is 44.2 Å². The maximum absolute atomic E-state index is 12.0. The van der Waals surface area contributed by atoms with Crippen LogP contribution in [0.2, 0.25) is 0 Å². The van der Waals surface area contributed by atoms with Crippen LogP contribution in [0.1, 0.15) is 25.0 Å². The molecular weight excluding hydrogens is 637 g/mol. The first-order valence-electron chi connectivity index (χ1n) is 13.4. The molecular formula is C28H30N10O6S2. The second-order valence-corrected chi connectivity index (χ2v) is 13.2. The number of benzene rings is 3. The Labute approximate surface area is 265 Å². The first kappa shape index (κ1) is 33.6. The van der Waals surface area contributed by atoms with E-state index < -0.39 is 25.0 Å². The quantitative estimate of drug-likeness (QED) is 0.0787. The van der Waals surface area contributed by atoms with Crippen LogP contribution in [0.25, 0.3) is 0 Å². The summed E-state index contributed by atoms with van der Waals surface area (Å²) >= 11 is 0. The molecule has 4 rings (SSSR count). The second kappa shape index (κ2) is 14.2. The van der Waals surface area contributed by atoms with Crippen molar-refractivity contribution in [2.24, 2.45) is 10.2 Å². The summed E-state index contributed by atoms with van der Waals surface area (Å²) in [5.41, 5.74) is 8.28. The van der Waals surface area contributed by atoms with E-state index in [4.69, 9.17) is 0 Å². The molecule has 0 saturated heterocycles. The number of non-ortho nitro benzene ring substituents is 1. The number of nitrogens with one attached hydrogen (secondary N) is 5. The molecule has 18 heteroatoms. The fourth-order valence-corrected chi connectivity index (χ4v) is 5.30. The molecule has 1 heterocycles. The Morgan fingerprint density at radius 1 is 0.717 bits per heavy atom. The molecule has 0 aliphatic rings. The zero-order valence-corrected chi connectivity index (χ0v) is 26.6. The summed E-state index contributed by atoms with van der Waals surface area (Å²) in [5, 5.41) is 22.9. The molecule has 0 aliphatic carbocycles. The van der Waals surface area contributed by atoms with Crippen molar-refractivity contribution in [2.45, 2.75) is 23.6 Å². The fourth-order valence-electron chi connectivity index (χ4n) is 3.84. The van der Waals surface area contributed by atoms with Crippen molar-refractivity contribution in [2.75, 3.05) is 30.3 Å². The van der Waals surface area contributed by atoms with E-state index in [-0.39, 0.29) is 33.1 Å². The van der Waals surface area contributed by atoms with Crippen molar-refractivity contribution < 1.29 is 21.8 Å². The highest BCUT2D eigenvalue weighted by molar-refractivity contribution is 7.89. The van der Waals surface area contributed by atoms with Gasteiger partial charge < -0.3 is 5.32 Å². The molecule has 5 N–H and O–H groups in total. The Morgan fingerprint density at radius 2 is 1.17 bits per heavy atom. The molecule has 0 spiro atoms. The Balaban J connectivity index is 1.61. The predicted molar refractivity (Wildman–Crippen MR) is 175 cm³/mol. The minimum Gasteiger partial charge on any atom is -0.324 e. The number of nitro benzene ring substituents is 1. The smallest absolute Gasteiger partial charge is 0.271 e. The van der Waals surface area contributed by atoms with Gasteiger partial charge in [0, 0.05) is 23.9 Å². The summed E-state index contributed by atoms with van der Waals surface area (Å²) < 4.78 is 52.6. The first-order chi connectivity index (χ1) is 21.8. The molecule has 0 amide bonds. The van der Waals surface area contributed by atoms with E-state index in [9.17, 15) is 26.9 Å². The minimum absolute atomic E-state index is 0.0666. The third-order valence-corrected chi connectivity index (χ3v) is 9.28. The van der Waals surface area contributed by atoms with E-state index >= 15 is 0 Å². The normalized spacial score (nSPS) is 12.4. The zero-order valence-electron chi connectivity index (χ0n) is 25.0. The van der Waals surface area contributed by atoms with Crippen LogP contribution in [-0.4, -0.2) is 57.2 Å². The highest BCUT2D eigenvalue weighted by Crippen LogP contribution is 2.22. The molecule has 0 aliphatic heterocycles. The Hall–Kier alpha value is -5.30. The van der Waals surface area contributed by atoms with Gasteiger partial charge in [0.25, 0.3) is 5.69 Å². The topological polar surface area (TPSA) is 222 Å². The highest BCUT2D eigenvalue weighted by Gasteiger charge is 2.13. The van der Waals surface area contributed by atoms with Crippen LogP contribution in [0.5, 0.6) is 0 Å². The fraction of sp³-hybridized carbons (Fsp3) is 0.143. The van der Waals surface area contributed by atoms with E-state index in [0.29, 0.717) is 28.2 Å². The SMILES string of the molecule is CNS(=O)(=O)c1ccc(C(C)=NNc2cc(NN=C(C)c3ccc(S(=O)(=O)NC)cc3)nc(Nc3cccc([N+](=O)[O-])c3)n2)cc1. The Bertz CT molecular complexity index is 1900. The minimum atomic E-state index is -3.59. The summed E-state index contributed by atoms with van der Waals surface area (Å²) in [6.45, 7) is 3.44. The van der Waals surface area contributed by atoms with Crippen LogP contribution in [0.4, 0.5) is 29.0 Å². The molecule has 0 fully saturated rings. The predicted octanol–water partition coefficient (Wildman–Crippen LogP) is 3.62. The molecule has 46 heavy (non-hydrogen) atoms. The van der Waals surface area contributed by atoms with Crippen molar-refractivity contribution in [1.29, 1.82) is 0 Å². The van der Waals surface area contributed by atoms with Crippen molar-refractivity contribution >= 4 is 60.4 Å². The molecule has 16 nitrogen and oxygen atoms in total. The lowest BCUT2D eigenvalue weighted by atomic mass is 10.1. The van der Waals surface area contributed by atoms with Gasteiger partial charge >= 0.3 is 0 Å². The number of hydrazone groups is 2. The van der Waals surface area contributed by atoms with Crippen molar-refractivity contribution in [3.63, 3.8) is 0 Å². The van der Waals surface area contributed by atoms with Crippen molar-refractivity contribution in [3.8, 4) is 0 Å². The monoisotopic (exact) mass is 666 g/mol. The number of nitro groups is 1. The van der Waals surface area contributed by atoms with E-state index in [1.165, 1.54) is 62.6 Å². The van der Waals surface area contributed by atoms with Crippen LogP contribution in [0.15, 0.2) is 98.9 Å². The lowest BCUT2D eigenvalue weighted by Crippen LogP contribution is -2.18. The summed E-state index contributed by atoms with van der Waals surface area (Å²) in [6, 6.07) is 19.6. The van der Waals surface area contributed by atoms with Gasteiger partial charge in [0.1, 0.15) is 0 Å². The van der Waals surface area contributed by atoms with Gasteiger partial charge in [0.2, 0.25) is 26.0 Å². The maximum atomic E-state index is 12.0. The number of sulfonamides is 2. The van der Waals surface area contributed by atoms with E-state index in [0.717, 1.165) is 0 Å². The van der Waals surface area contributed by atoms with Crippen molar-refractivity contribution in [1.82, 2.24) is 19.4 Å². The summed E-state index contributed by atoms with van der Waals surface area (Å²) in [7, 11) is -4.52. The molecule has 0 unspecified atom stereocenters. The number of anilines is 4. The van der Waals surface area contributed by atoms with Gasteiger partial charge in [-0.3, -0.25) is 21.0 Å². The third-order valence-electron chi connectivity index (χ3n) is 6.42. The number of nitrogens with zero attached hydrogens (tertiary/aromatic N) is 5. The zero-order chi connectivity index (χ0) is 33.5. The molecule has 240 valence electrons. The van der Waals surface area contributed by atoms with Gasteiger partial charge in [0.05, 0.1) is 26.1 Å². The molecule has 0 bridgehead atoms. The van der Waals surface area contributed by atoms with Gasteiger partial charge in [-0.15, -0.1) is 0 Å².